The first-order valence-corrected chi connectivity index (χ1v) is 5.71. The van der Waals surface area contributed by atoms with Gasteiger partial charge in [-0.15, -0.1) is 0 Å². The molecule has 2 heterocycles. The standard InChI is InChI=1S/C12H19N3O/c1-13-8-10-4-3-5-12(14-10)15-7-6-11(9-15)16-2/h3-5,11,13H,6-9H2,1-2H3. The van der Waals surface area contributed by atoms with Crippen LogP contribution in [0.2, 0.25) is 0 Å². The Labute approximate surface area is 96.6 Å². The van der Waals surface area contributed by atoms with Crippen molar-refractivity contribution in [3.8, 4) is 0 Å². The van der Waals surface area contributed by atoms with Gasteiger partial charge < -0.3 is 15.0 Å². The van der Waals surface area contributed by atoms with Crippen LogP contribution < -0.4 is 10.2 Å². The summed E-state index contributed by atoms with van der Waals surface area (Å²) in [6.07, 6.45) is 1.45. The Morgan fingerprint density at radius 3 is 3.12 bits per heavy atom. The summed E-state index contributed by atoms with van der Waals surface area (Å²) in [5.74, 6) is 1.06. The average Bonchev–Trinajstić information content (AvgIpc) is 2.78. The summed E-state index contributed by atoms with van der Waals surface area (Å²) in [5, 5.41) is 3.12. The largest absolute Gasteiger partial charge is 0.380 e. The maximum Gasteiger partial charge on any atom is 0.128 e. The molecule has 0 amide bonds. The van der Waals surface area contributed by atoms with E-state index in [1.807, 2.05) is 13.1 Å². The van der Waals surface area contributed by atoms with Gasteiger partial charge in [0.1, 0.15) is 5.82 Å². The SMILES string of the molecule is CNCc1cccc(N2CCC(OC)C2)n1. The highest BCUT2D eigenvalue weighted by Crippen LogP contribution is 2.19. The predicted octanol–water partition coefficient (Wildman–Crippen LogP) is 1.03. The molecule has 1 aromatic rings. The predicted molar refractivity (Wildman–Crippen MR) is 64.6 cm³/mol. The number of rotatable bonds is 4. The number of hydrogen-bond acceptors (Lipinski definition) is 4. The molecule has 0 aliphatic carbocycles. The minimum Gasteiger partial charge on any atom is -0.380 e. The highest BCUT2D eigenvalue weighted by atomic mass is 16.5. The molecule has 1 aliphatic rings. The van der Waals surface area contributed by atoms with Crippen molar-refractivity contribution in [2.45, 2.75) is 19.1 Å². The number of pyridine rings is 1. The number of hydrogen-bond donors (Lipinski definition) is 1. The molecule has 88 valence electrons. The Balaban J connectivity index is 2.06. The molecule has 0 saturated carbocycles. The fourth-order valence-corrected chi connectivity index (χ4v) is 2.05. The van der Waals surface area contributed by atoms with Gasteiger partial charge in [-0.3, -0.25) is 0 Å². The molecule has 1 aromatic heterocycles. The van der Waals surface area contributed by atoms with Crippen molar-refractivity contribution < 1.29 is 4.74 Å². The summed E-state index contributed by atoms with van der Waals surface area (Å²) >= 11 is 0. The first-order valence-electron chi connectivity index (χ1n) is 5.71. The Morgan fingerprint density at radius 1 is 1.56 bits per heavy atom. The van der Waals surface area contributed by atoms with Crippen molar-refractivity contribution >= 4 is 5.82 Å². The minimum absolute atomic E-state index is 0.356. The van der Waals surface area contributed by atoms with Crippen LogP contribution in [-0.2, 0) is 11.3 Å². The van der Waals surface area contributed by atoms with Gasteiger partial charge in [0.25, 0.3) is 0 Å². The van der Waals surface area contributed by atoms with Crippen LogP contribution in [0.3, 0.4) is 0 Å². The molecule has 1 N–H and O–H groups in total. The van der Waals surface area contributed by atoms with Crippen LogP contribution in [0.1, 0.15) is 12.1 Å². The third-order valence-corrected chi connectivity index (χ3v) is 2.95. The monoisotopic (exact) mass is 221 g/mol. The van der Waals surface area contributed by atoms with Crippen LogP contribution in [-0.4, -0.2) is 38.3 Å². The Hall–Kier alpha value is -1.13. The maximum absolute atomic E-state index is 5.36. The van der Waals surface area contributed by atoms with Crippen molar-refractivity contribution in [3.63, 3.8) is 0 Å². The first kappa shape index (κ1) is 11.4. The Kier molecular flexibility index (Phi) is 3.74. The quantitative estimate of drug-likeness (QED) is 0.824. The van der Waals surface area contributed by atoms with Crippen molar-refractivity contribution in [2.75, 3.05) is 32.1 Å². The molecule has 4 heteroatoms. The van der Waals surface area contributed by atoms with Gasteiger partial charge in [-0.25, -0.2) is 4.98 Å². The zero-order chi connectivity index (χ0) is 11.4. The van der Waals surface area contributed by atoms with Crippen molar-refractivity contribution in [1.82, 2.24) is 10.3 Å². The molecule has 0 radical (unpaired) electrons. The Morgan fingerprint density at radius 2 is 2.44 bits per heavy atom. The molecule has 1 saturated heterocycles. The molecular formula is C12H19N3O. The fraction of sp³-hybridized carbons (Fsp3) is 0.583. The molecular weight excluding hydrogens is 202 g/mol. The lowest BCUT2D eigenvalue weighted by Crippen LogP contribution is -2.23. The second-order valence-electron chi connectivity index (χ2n) is 4.11. The lowest BCUT2D eigenvalue weighted by molar-refractivity contribution is 0.121. The van der Waals surface area contributed by atoms with E-state index >= 15 is 0 Å². The van der Waals surface area contributed by atoms with Crippen LogP contribution in [0.5, 0.6) is 0 Å². The molecule has 2 rings (SSSR count). The Bertz CT molecular complexity index is 343. The second kappa shape index (κ2) is 5.27. The van der Waals surface area contributed by atoms with E-state index in [2.05, 4.69) is 27.3 Å². The van der Waals surface area contributed by atoms with Gasteiger partial charge >= 0.3 is 0 Å². The molecule has 4 nitrogen and oxygen atoms in total. The van der Waals surface area contributed by atoms with E-state index in [0.717, 1.165) is 37.6 Å². The smallest absolute Gasteiger partial charge is 0.128 e. The van der Waals surface area contributed by atoms with Gasteiger partial charge in [0.05, 0.1) is 11.8 Å². The van der Waals surface area contributed by atoms with Crippen LogP contribution in [0.4, 0.5) is 5.82 Å². The number of aromatic nitrogens is 1. The molecule has 0 spiro atoms. The average molecular weight is 221 g/mol. The van der Waals surface area contributed by atoms with E-state index in [-0.39, 0.29) is 0 Å². The fourth-order valence-electron chi connectivity index (χ4n) is 2.05. The number of nitrogens with one attached hydrogen (secondary N) is 1. The minimum atomic E-state index is 0.356. The van der Waals surface area contributed by atoms with Crippen LogP contribution in [0, 0.1) is 0 Å². The molecule has 1 unspecified atom stereocenters. The number of nitrogens with zero attached hydrogens (tertiary/aromatic N) is 2. The van der Waals surface area contributed by atoms with E-state index < -0.39 is 0 Å². The highest BCUT2D eigenvalue weighted by molar-refractivity contribution is 5.40. The summed E-state index contributed by atoms with van der Waals surface area (Å²) in [4.78, 5) is 6.91. The van der Waals surface area contributed by atoms with E-state index in [9.17, 15) is 0 Å². The van der Waals surface area contributed by atoms with E-state index in [1.165, 1.54) is 0 Å². The molecule has 1 fully saturated rings. The van der Waals surface area contributed by atoms with E-state index in [0.29, 0.717) is 6.10 Å². The molecule has 1 aliphatic heterocycles. The van der Waals surface area contributed by atoms with Crippen LogP contribution in [0.15, 0.2) is 18.2 Å². The van der Waals surface area contributed by atoms with Gasteiger partial charge in [0.2, 0.25) is 0 Å². The zero-order valence-corrected chi connectivity index (χ0v) is 9.94. The maximum atomic E-state index is 5.36. The first-order chi connectivity index (χ1) is 7.83. The topological polar surface area (TPSA) is 37.4 Å². The van der Waals surface area contributed by atoms with Gasteiger partial charge in [-0.2, -0.15) is 0 Å². The lowest BCUT2D eigenvalue weighted by Gasteiger charge is -2.17. The van der Waals surface area contributed by atoms with Crippen molar-refractivity contribution in [1.29, 1.82) is 0 Å². The molecule has 0 aromatic carbocycles. The van der Waals surface area contributed by atoms with Gasteiger partial charge in [-0.1, -0.05) is 6.07 Å². The van der Waals surface area contributed by atoms with Crippen molar-refractivity contribution in [3.05, 3.63) is 23.9 Å². The van der Waals surface area contributed by atoms with Crippen LogP contribution in [0.25, 0.3) is 0 Å². The van der Waals surface area contributed by atoms with Gasteiger partial charge in [0.15, 0.2) is 0 Å². The number of ether oxygens (including phenoxy) is 1. The number of anilines is 1. The van der Waals surface area contributed by atoms with Crippen molar-refractivity contribution in [2.24, 2.45) is 0 Å². The molecule has 0 bridgehead atoms. The van der Waals surface area contributed by atoms with Crippen LogP contribution >= 0.6 is 0 Å². The summed E-state index contributed by atoms with van der Waals surface area (Å²) < 4.78 is 5.36. The normalized spacial score (nSPS) is 20.4. The number of methoxy groups -OCH3 is 1. The molecule has 16 heavy (non-hydrogen) atoms. The van der Waals surface area contributed by atoms with Gasteiger partial charge in [-0.05, 0) is 25.6 Å². The lowest BCUT2D eigenvalue weighted by atomic mass is 10.3. The third-order valence-electron chi connectivity index (χ3n) is 2.95. The summed E-state index contributed by atoms with van der Waals surface area (Å²) in [6.45, 7) is 2.80. The second-order valence-corrected chi connectivity index (χ2v) is 4.11. The van der Waals surface area contributed by atoms with E-state index in [4.69, 9.17) is 4.74 Å². The summed E-state index contributed by atoms with van der Waals surface area (Å²) in [5.41, 5.74) is 1.08. The molecule has 1 atom stereocenters. The highest BCUT2D eigenvalue weighted by Gasteiger charge is 2.22. The zero-order valence-electron chi connectivity index (χ0n) is 9.94. The van der Waals surface area contributed by atoms with E-state index in [1.54, 1.807) is 7.11 Å². The van der Waals surface area contributed by atoms with Gasteiger partial charge in [0, 0.05) is 26.7 Å². The third kappa shape index (κ3) is 2.51. The summed E-state index contributed by atoms with van der Waals surface area (Å²) in [7, 11) is 3.71. The summed E-state index contributed by atoms with van der Waals surface area (Å²) in [6, 6.07) is 6.18.